The van der Waals surface area contributed by atoms with Crippen molar-refractivity contribution < 1.29 is 0 Å². The second kappa shape index (κ2) is 9.86. The predicted octanol–water partition coefficient (Wildman–Crippen LogP) is 11.2. The van der Waals surface area contributed by atoms with Crippen LogP contribution in [-0.2, 0) is 0 Å². The molecule has 0 radical (unpaired) electrons. The van der Waals surface area contributed by atoms with E-state index >= 15 is 0 Å². The molecule has 0 aliphatic rings. The SMILES string of the molecule is c1cc(-c2ccc3cc(-c4ccc5cc6ccccc6cc5n4)ccc3c2)cc(-c2ccc3cc4ccccc4cc3n2)c1. The fourth-order valence-electron chi connectivity index (χ4n) is 6.39. The van der Waals surface area contributed by atoms with Crippen LogP contribution >= 0.6 is 0 Å². The molecule has 44 heavy (non-hydrogen) atoms. The molecule has 0 atom stereocenters. The summed E-state index contributed by atoms with van der Waals surface area (Å²) in [6.07, 6.45) is 0. The van der Waals surface area contributed by atoms with Gasteiger partial charge in [0.25, 0.3) is 0 Å². The molecule has 0 spiro atoms. The van der Waals surface area contributed by atoms with Crippen molar-refractivity contribution in [2.75, 3.05) is 0 Å². The molecule has 9 rings (SSSR count). The molecule has 0 amide bonds. The third-order valence-corrected chi connectivity index (χ3v) is 8.74. The highest BCUT2D eigenvalue weighted by atomic mass is 14.7. The van der Waals surface area contributed by atoms with Crippen LogP contribution in [0.1, 0.15) is 0 Å². The number of hydrogen-bond donors (Lipinski definition) is 0. The maximum absolute atomic E-state index is 5.05. The average molecular weight is 559 g/mol. The van der Waals surface area contributed by atoms with E-state index in [1.54, 1.807) is 0 Å². The Kier molecular flexibility index (Phi) is 5.54. The molecule has 2 aromatic heterocycles. The number of fused-ring (bicyclic) bond motifs is 5. The van der Waals surface area contributed by atoms with Crippen LogP contribution in [0, 0.1) is 0 Å². The summed E-state index contributed by atoms with van der Waals surface area (Å²) >= 11 is 0. The number of hydrogen-bond acceptors (Lipinski definition) is 2. The molecular weight excluding hydrogens is 532 g/mol. The monoisotopic (exact) mass is 558 g/mol. The Balaban J connectivity index is 1.05. The first-order valence-corrected chi connectivity index (χ1v) is 15.0. The van der Waals surface area contributed by atoms with Gasteiger partial charge < -0.3 is 0 Å². The van der Waals surface area contributed by atoms with Gasteiger partial charge in [-0.2, -0.15) is 0 Å². The molecule has 0 aliphatic heterocycles. The van der Waals surface area contributed by atoms with Crippen molar-refractivity contribution >= 4 is 54.1 Å². The Morgan fingerprint density at radius 3 is 1.25 bits per heavy atom. The molecule has 0 fully saturated rings. The molecule has 204 valence electrons. The Morgan fingerprint density at radius 1 is 0.250 bits per heavy atom. The molecule has 2 heteroatoms. The lowest BCUT2D eigenvalue weighted by Crippen LogP contribution is -1.88. The standard InChI is InChI=1S/C42H26N2/c1-3-8-30-25-41-37(22-27(30)6-1)16-18-39(43-41)35-11-5-10-29(21-35)32-12-13-34-24-36(15-14-33(34)20-32)40-19-17-38-23-28-7-2-4-9-31(28)26-42(38)44-40/h1-26H. The van der Waals surface area contributed by atoms with Gasteiger partial charge in [0, 0.05) is 21.9 Å². The molecular formula is C42H26N2. The molecule has 0 unspecified atom stereocenters. The lowest BCUT2D eigenvalue weighted by Gasteiger charge is -2.10. The van der Waals surface area contributed by atoms with Gasteiger partial charge in [-0.3, -0.25) is 0 Å². The van der Waals surface area contributed by atoms with Gasteiger partial charge in [-0.25, -0.2) is 9.97 Å². The van der Waals surface area contributed by atoms with Gasteiger partial charge in [0.15, 0.2) is 0 Å². The lowest BCUT2D eigenvalue weighted by molar-refractivity contribution is 1.40. The molecule has 9 aromatic rings. The summed E-state index contributed by atoms with van der Waals surface area (Å²) in [4.78, 5) is 10.1. The van der Waals surface area contributed by atoms with Crippen LogP contribution in [0.5, 0.6) is 0 Å². The van der Waals surface area contributed by atoms with E-state index in [-0.39, 0.29) is 0 Å². The van der Waals surface area contributed by atoms with Crippen molar-refractivity contribution in [2.24, 2.45) is 0 Å². The second-order valence-electron chi connectivity index (χ2n) is 11.5. The molecule has 0 saturated carbocycles. The molecule has 2 heterocycles. The number of aromatic nitrogens is 2. The zero-order valence-corrected chi connectivity index (χ0v) is 23.9. The maximum Gasteiger partial charge on any atom is 0.0715 e. The molecule has 2 nitrogen and oxygen atoms in total. The average Bonchev–Trinajstić information content (AvgIpc) is 3.09. The van der Waals surface area contributed by atoms with Crippen LogP contribution in [0.3, 0.4) is 0 Å². The maximum atomic E-state index is 5.05. The molecule has 0 N–H and O–H groups in total. The summed E-state index contributed by atoms with van der Waals surface area (Å²) in [5.74, 6) is 0. The summed E-state index contributed by atoms with van der Waals surface area (Å²) in [5.41, 5.74) is 8.61. The zero-order chi connectivity index (χ0) is 29.0. The van der Waals surface area contributed by atoms with E-state index < -0.39 is 0 Å². The van der Waals surface area contributed by atoms with E-state index in [2.05, 4.69) is 158 Å². The van der Waals surface area contributed by atoms with Gasteiger partial charge >= 0.3 is 0 Å². The zero-order valence-electron chi connectivity index (χ0n) is 23.9. The van der Waals surface area contributed by atoms with Gasteiger partial charge in [-0.1, -0.05) is 103 Å². The van der Waals surface area contributed by atoms with E-state index in [0.717, 1.165) is 44.3 Å². The van der Waals surface area contributed by atoms with Crippen LogP contribution in [-0.4, -0.2) is 9.97 Å². The normalized spacial score (nSPS) is 11.6. The Hall–Kier alpha value is -5.86. The largest absolute Gasteiger partial charge is 0.248 e. The molecule has 0 aliphatic carbocycles. The van der Waals surface area contributed by atoms with Crippen LogP contribution < -0.4 is 0 Å². The van der Waals surface area contributed by atoms with Crippen molar-refractivity contribution in [2.45, 2.75) is 0 Å². The van der Waals surface area contributed by atoms with Crippen LogP contribution in [0.15, 0.2) is 158 Å². The first-order valence-electron chi connectivity index (χ1n) is 15.0. The van der Waals surface area contributed by atoms with E-state index in [0.29, 0.717) is 0 Å². The Labute approximate surface area is 254 Å². The quantitative estimate of drug-likeness (QED) is 0.202. The van der Waals surface area contributed by atoms with Gasteiger partial charge in [0.05, 0.1) is 22.4 Å². The minimum absolute atomic E-state index is 0.982. The predicted molar refractivity (Wildman–Crippen MR) is 186 cm³/mol. The molecule has 0 bridgehead atoms. The number of nitrogens with zero attached hydrogens (tertiary/aromatic N) is 2. The first-order chi connectivity index (χ1) is 21.7. The third kappa shape index (κ3) is 4.28. The first kappa shape index (κ1) is 24.7. The minimum Gasteiger partial charge on any atom is -0.248 e. The van der Waals surface area contributed by atoms with Crippen molar-refractivity contribution in [1.82, 2.24) is 9.97 Å². The second-order valence-corrected chi connectivity index (χ2v) is 11.5. The van der Waals surface area contributed by atoms with E-state index in [9.17, 15) is 0 Å². The number of rotatable bonds is 3. The summed E-state index contributed by atoms with van der Waals surface area (Å²) in [7, 11) is 0. The van der Waals surface area contributed by atoms with Gasteiger partial charge in [0.2, 0.25) is 0 Å². The van der Waals surface area contributed by atoms with Crippen molar-refractivity contribution in [3.8, 4) is 33.6 Å². The smallest absolute Gasteiger partial charge is 0.0715 e. The van der Waals surface area contributed by atoms with E-state index in [1.165, 1.54) is 43.4 Å². The Bertz CT molecular complexity index is 2560. The summed E-state index contributed by atoms with van der Waals surface area (Å²) in [5, 5.41) is 9.63. The Morgan fingerprint density at radius 2 is 0.659 bits per heavy atom. The number of pyridine rings is 2. The summed E-state index contributed by atoms with van der Waals surface area (Å²) < 4.78 is 0. The van der Waals surface area contributed by atoms with Gasteiger partial charge in [-0.15, -0.1) is 0 Å². The number of benzene rings is 7. The summed E-state index contributed by atoms with van der Waals surface area (Å²) in [6, 6.07) is 56.3. The van der Waals surface area contributed by atoms with Crippen LogP contribution in [0.25, 0.3) is 87.8 Å². The van der Waals surface area contributed by atoms with Gasteiger partial charge in [0.1, 0.15) is 0 Å². The van der Waals surface area contributed by atoms with Crippen LogP contribution in [0.2, 0.25) is 0 Å². The lowest BCUT2D eigenvalue weighted by atomic mass is 9.97. The van der Waals surface area contributed by atoms with Crippen LogP contribution in [0.4, 0.5) is 0 Å². The van der Waals surface area contributed by atoms with Gasteiger partial charge in [-0.05, 0) is 98.0 Å². The highest BCUT2D eigenvalue weighted by Crippen LogP contribution is 2.32. The van der Waals surface area contributed by atoms with Crippen molar-refractivity contribution in [3.63, 3.8) is 0 Å². The highest BCUT2D eigenvalue weighted by molar-refractivity contribution is 5.99. The fourth-order valence-corrected chi connectivity index (χ4v) is 6.39. The topological polar surface area (TPSA) is 25.8 Å². The summed E-state index contributed by atoms with van der Waals surface area (Å²) in [6.45, 7) is 0. The van der Waals surface area contributed by atoms with Crippen molar-refractivity contribution in [3.05, 3.63) is 158 Å². The molecule has 0 saturated heterocycles. The molecule has 7 aromatic carbocycles. The third-order valence-electron chi connectivity index (χ3n) is 8.74. The van der Waals surface area contributed by atoms with E-state index in [1.807, 2.05) is 0 Å². The fraction of sp³-hybridized carbons (Fsp3) is 0. The minimum atomic E-state index is 0.982. The van der Waals surface area contributed by atoms with Crippen molar-refractivity contribution in [1.29, 1.82) is 0 Å². The highest BCUT2D eigenvalue weighted by Gasteiger charge is 2.09. The van der Waals surface area contributed by atoms with E-state index in [4.69, 9.17) is 9.97 Å².